The molecule has 1 aliphatic rings. The average Bonchev–Trinajstić information content (AvgIpc) is 3.16. The van der Waals surface area contributed by atoms with Gasteiger partial charge in [-0.2, -0.15) is 0 Å². The Labute approximate surface area is 199 Å². The van der Waals surface area contributed by atoms with Crippen molar-refractivity contribution in [3.63, 3.8) is 0 Å². The lowest BCUT2D eigenvalue weighted by Crippen LogP contribution is -2.45. The van der Waals surface area contributed by atoms with Gasteiger partial charge in [-0.05, 0) is 62.6 Å². The molecule has 170 valence electrons. The Kier molecular flexibility index (Phi) is 7.63. The number of imidazole rings is 1. The molecular weight excluding hydrogens is 464 g/mol. The lowest BCUT2D eigenvalue weighted by molar-refractivity contribution is -0.137. The quantitative estimate of drug-likeness (QED) is 0.404. The van der Waals surface area contributed by atoms with E-state index in [1.807, 2.05) is 12.1 Å². The van der Waals surface area contributed by atoms with E-state index < -0.39 is 0 Å². The van der Waals surface area contributed by atoms with E-state index in [0.717, 1.165) is 85.4 Å². The summed E-state index contributed by atoms with van der Waals surface area (Å²) < 4.78 is 3.31. The maximum Gasteiger partial charge on any atom is 0.226 e. The maximum absolute atomic E-state index is 13.2. The Bertz CT molecular complexity index is 1060. The Balaban J connectivity index is 1.58. The molecule has 0 spiro atoms. The highest BCUT2D eigenvalue weighted by Gasteiger charge is 2.29. The second-order valence-corrected chi connectivity index (χ2v) is 9.65. The van der Waals surface area contributed by atoms with Crippen molar-refractivity contribution in [2.24, 2.45) is 5.92 Å². The van der Waals surface area contributed by atoms with Crippen LogP contribution in [0.3, 0.4) is 0 Å². The zero-order valence-electron chi connectivity index (χ0n) is 19.1. The van der Waals surface area contributed by atoms with Gasteiger partial charge in [0.15, 0.2) is 0 Å². The summed E-state index contributed by atoms with van der Waals surface area (Å²) in [7, 11) is 0. The van der Waals surface area contributed by atoms with Crippen LogP contribution >= 0.6 is 15.9 Å². The smallest absolute Gasteiger partial charge is 0.226 e. The van der Waals surface area contributed by atoms with Gasteiger partial charge in [0.25, 0.3) is 0 Å². The Morgan fingerprint density at radius 2 is 1.91 bits per heavy atom. The van der Waals surface area contributed by atoms with E-state index in [1.165, 1.54) is 0 Å². The van der Waals surface area contributed by atoms with Crippen LogP contribution in [0.2, 0.25) is 0 Å². The van der Waals surface area contributed by atoms with Gasteiger partial charge < -0.3 is 4.90 Å². The Morgan fingerprint density at radius 1 is 1.12 bits per heavy atom. The fraction of sp³-hybridized carbons (Fsp3) is 0.462. The van der Waals surface area contributed by atoms with Crippen molar-refractivity contribution in [1.82, 2.24) is 19.4 Å². The molecule has 0 N–H and O–H groups in total. The molecule has 1 aliphatic heterocycles. The fourth-order valence-corrected chi connectivity index (χ4v) is 5.20. The summed E-state index contributed by atoms with van der Waals surface area (Å²) in [5.74, 6) is 1.45. The Hall–Kier alpha value is -2.18. The molecule has 3 aromatic rings. The molecule has 4 rings (SSSR count). The van der Waals surface area contributed by atoms with Gasteiger partial charge in [0, 0.05) is 29.8 Å². The summed E-state index contributed by atoms with van der Waals surface area (Å²) in [6.45, 7) is 8.58. The normalized spacial score (nSPS) is 17.0. The summed E-state index contributed by atoms with van der Waals surface area (Å²) in [5.41, 5.74) is 3.22. The second kappa shape index (κ2) is 10.6. The number of carbonyl (C=O) groups excluding carboxylic acids is 1. The van der Waals surface area contributed by atoms with E-state index in [-0.39, 0.29) is 5.92 Å². The van der Waals surface area contributed by atoms with Crippen LogP contribution < -0.4 is 0 Å². The zero-order chi connectivity index (χ0) is 22.5. The van der Waals surface area contributed by atoms with E-state index >= 15 is 0 Å². The van der Waals surface area contributed by atoms with Crippen LogP contribution in [0.4, 0.5) is 0 Å². The summed E-state index contributed by atoms with van der Waals surface area (Å²) in [6, 6.07) is 16.7. The van der Waals surface area contributed by atoms with E-state index in [9.17, 15) is 4.79 Å². The molecule has 6 heteroatoms. The summed E-state index contributed by atoms with van der Waals surface area (Å²) in [5, 5.41) is 0. The molecule has 1 atom stereocenters. The number of piperidine rings is 1. The second-order valence-electron chi connectivity index (χ2n) is 8.73. The first kappa shape index (κ1) is 23.0. The highest BCUT2D eigenvalue weighted by Crippen LogP contribution is 2.26. The van der Waals surface area contributed by atoms with Gasteiger partial charge in [-0.3, -0.25) is 14.3 Å². The van der Waals surface area contributed by atoms with Gasteiger partial charge in [-0.25, -0.2) is 4.98 Å². The molecule has 2 heterocycles. The first-order valence-corrected chi connectivity index (χ1v) is 12.6. The van der Waals surface area contributed by atoms with Crippen LogP contribution in [0.15, 0.2) is 53.0 Å². The van der Waals surface area contributed by atoms with Crippen molar-refractivity contribution in [3.05, 3.63) is 58.8 Å². The number of hydrogen-bond acceptors (Lipinski definition) is 3. The minimum atomic E-state index is 0.0885. The third kappa shape index (κ3) is 5.07. The van der Waals surface area contributed by atoms with Gasteiger partial charge in [-0.1, -0.05) is 48.0 Å². The van der Waals surface area contributed by atoms with Crippen molar-refractivity contribution in [2.75, 3.05) is 26.2 Å². The summed E-state index contributed by atoms with van der Waals surface area (Å²) in [4.78, 5) is 22.7. The minimum Gasteiger partial charge on any atom is -0.342 e. The van der Waals surface area contributed by atoms with E-state index in [1.54, 1.807) is 0 Å². The number of aromatic nitrogens is 2. The van der Waals surface area contributed by atoms with Crippen LogP contribution in [-0.4, -0.2) is 51.4 Å². The van der Waals surface area contributed by atoms with Crippen molar-refractivity contribution in [3.8, 4) is 5.69 Å². The third-order valence-electron chi connectivity index (χ3n) is 6.22. The molecule has 0 saturated carbocycles. The fourth-order valence-electron chi connectivity index (χ4n) is 4.82. The average molecular weight is 497 g/mol. The predicted octanol–water partition coefficient (Wildman–Crippen LogP) is 5.65. The molecule has 5 nitrogen and oxygen atoms in total. The van der Waals surface area contributed by atoms with Crippen LogP contribution in [0, 0.1) is 5.92 Å². The molecule has 0 aliphatic carbocycles. The lowest BCUT2D eigenvalue weighted by atomic mass is 9.96. The first-order valence-electron chi connectivity index (χ1n) is 11.8. The zero-order valence-corrected chi connectivity index (χ0v) is 20.7. The largest absolute Gasteiger partial charge is 0.342 e. The molecule has 0 radical (unpaired) electrons. The van der Waals surface area contributed by atoms with Crippen LogP contribution in [0.5, 0.6) is 0 Å². The standard InChI is InChI=1S/C26H33BrN4O/c1-3-14-30(15-4-2)26(32)20-9-8-16-29(18-20)19-25-28-23-12-5-6-13-24(23)31(25)22-11-7-10-21(27)17-22/h5-7,10-13,17,20H,3-4,8-9,14-16,18-19H2,1-2H3/t20-/m0/s1. The first-order chi connectivity index (χ1) is 15.6. The molecular formula is C26H33BrN4O. The van der Waals surface area contributed by atoms with Crippen molar-refractivity contribution >= 4 is 32.9 Å². The number of amides is 1. The molecule has 1 amide bonds. The number of carbonyl (C=O) groups is 1. The summed E-state index contributed by atoms with van der Waals surface area (Å²) in [6.07, 6.45) is 4.07. The highest BCUT2D eigenvalue weighted by atomic mass is 79.9. The predicted molar refractivity (Wildman–Crippen MR) is 134 cm³/mol. The van der Waals surface area contributed by atoms with Gasteiger partial charge >= 0.3 is 0 Å². The topological polar surface area (TPSA) is 41.4 Å². The summed E-state index contributed by atoms with van der Waals surface area (Å²) >= 11 is 3.61. The number of likely N-dealkylation sites (tertiary alicyclic amines) is 1. The monoisotopic (exact) mass is 496 g/mol. The number of fused-ring (bicyclic) bond motifs is 1. The van der Waals surface area contributed by atoms with E-state index in [4.69, 9.17) is 4.98 Å². The van der Waals surface area contributed by atoms with E-state index in [2.05, 4.69) is 80.5 Å². The highest BCUT2D eigenvalue weighted by molar-refractivity contribution is 9.10. The molecule has 0 unspecified atom stereocenters. The lowest BCUT2D eigenvalue weighted by Gasteiger charge is -2.34. The number of hydrogen-bond donors (Lipinski definition) is 0. The van der Waals surface area contributed by atoms with Gasteiger partial charge in [0.2, 0.25) is 5.91 Å². The molecule has 32 heavy (non-hydrogen) atoms. The number of benzene rings is 2. The Morgan fingerprint density at radius 3 is 2.66 bits per heavy atom. The molecule has 1 saturated heterocycles. The van der Waals surface area contributed by atoms with Crippen molar-refractivity contribution in [2.45, 2.75) is 46.1 Å². The SMILES string of the molecule is CCCN(CCC)C(=O)[C@H]1CCCN(Cc2nc3ccccc3n2-c2cccc(Br)c2)C1. The van der Waals surface area contributed by atoms with E-state index in [0.29, 0.717) is 5.91 Å². The number of para-hydroxylation sites is 2. The van der Waals surface area contributed by atoms with Crippen LogP contribution in [0.1, 0.15) is 45.4 Å². The number of nitrogens with zero attached hydrogens (tertiary/aromatic N) is 4. The van der Waals surface area contributed by atoms with Gasteiger partial charge in [-0.15, -0.1) is 0 Å². The van der Waals surface area contributed by atoms with Crippen molar-refractivity contribution < 1.29 is 4.79 Å². The molecule has 0 bridgehead atoms. The molecule has 1 fully saturated rings. The van der Waals surface area contributed by atoms with Crippen molar-refractivity contribution in [1.29, 1.82) is 0 Å². The van der Waals surface area contributed by atoms with Crippen LogP contribution in [0.25, 0.3) is 16.7 Å². The third-order valence-corrected chi connectivity index (χ3v) is 6.71. The number of halogens is 1. The van der Waals surface area contributed by atoms with Gasteiger partial charge in [0.05, 0.1) is 23.5 Å². The minimum absolute atomic E-state index is 0.0885. The van der Waals surface area contributed by atoms with Gasteiger partial charge in [0.1, 0.15) is 5.82 Å². The molecule has 2 aromatic carbocycles. The van der Waals surface area contributed by atoms with Crippen LogP contribution in [-0.2, 0) is 11.3 Å². The molecule has 1 aromatic heterocycles. The maximum atomic E-state index is 13.2. The number of rotatable bonds is 8.